The average Bonchev–Trinajstić information content (AvgIpc) is 3.22. The van der Waals surface area contributed by atoms with Crippen LogP contribution in [0.3, 0.4) is 0 Å². The van der Waals surface area contributed by atoms with Gasteiger partial charge in [0.1, 0.15) is 15.9 Å². The Morgan fingerprint density at radius 3 is 2.96 bits per heavy atom. The van der Waals surface area contributed by atoms with Gasteiger partial charge in [-0.05, 0) is 46.1 Å². The Hall–Kier alpha value is -1.97. The maximum Gasteiger partial charge on any atom is 0.243 e. The molecule has 6 nitrogen and oxygen atoms in total. The summed E-state index contributed by atoms with van der Waals surface area (Å²) in [5.41, 5.74) is 6.56. The third-order valence-corrected chi connectivity index (χ3v) is 5.52. The lowest BCUT2D eigenvalue weighted by Crippen LogP contribution is -2.31. The van der Waals surface area contributed by atoms with Gasteiger partial charge in [-0.15, -0.1) is 5.10 Å². The second-order valence-corrected chi connectivity index (χ2v) is 7.39. The molecule has 3 N–H and O–H groups in total. The van der Waals surface area contributed by atoms with Crippen molar-refractivity contribution in [3.63, 3.8) is 0 Å². The molecule has 1 aliphatic carbocycles. The third-order valence-electron chi connectivity index (χ3n) is 4.60. The largest absolute Gasteiger partial charge is 0.467 e. The van der Waals surface area contributed by atoms with Gasteiger partial charge >= 0.3 is 0 Å². The van der Waals surface area contributed by atoms with Crippen LogP contribution in [0.15, 0.2) is 39.3 Å². The first kappa shape index (κ1) is 18.4. The van der Waals surface area contributed by atoms with Gasteiger partial charge in [0.2, 0.25) is 5.28 Å². The monoisotopic (exact) mass is 457 g/mol. The highest BCUT2D eigenvalue weighted by Gasteiger charge is 2.33. The number of aromatic nitrogens is 3. The number of hydrogen-bond donors (Lipinski definition) is 2. The summed E-state index contributed by atoms with van der Waals surface area (Å²) in [5.74, 6) is -0.303. The van der Waals surface area contributed by atoms with Gasteiger partial charge in [-0.3, -0.25) is 0 Å². The van der Waals surface area contributed by atoms with E-state index in [9.17, 15) is 4.39 Å². The van der Waals surface area contributed by atoms with E-state index >= 15 is 4.39 Å². The van der Waals surface area contributed by atoms with Gasteiger partial charge in [0.15, 0.2) is 11.6 Å². The van der Waals surface area contributed by atoms with E-state index < -0.39 is 17.8 Å². The molecule has 1 aliphatic rings. The minimum Gasteiger partial charge on any atom is -0.467 e. The summed E-state index contributed by atoms with van der Waals surface area (Å²) in [6.45, 7) is 0.296. The molecule has 0 aliphatic heterocycles. The first-order chi connectivity index (χ1) is 13.0. The molecule has 0 saturated heterocycles. The van der Waals surface area contributed by atoms with Crippen molar-refractivity contribution in [3.05, 3.63) is 57.3 Å². The minimum atomic E-state index is -0.541. The van der Waals surface area contributed by atoms with Gasteiger partial charge in [0, 0.05) is 23.9 Å². The molecule has 0 bridgehead atoms. The van der Waals surface area contributed by atoms with E-state index in [-0.39, 0.29) is 28.9 Å². The molecule has 0 amide bonds. The molecular weight excluding hydrogens is 444 g/mol. The predicted octanol–water partition coefficient (Wildman–Crippen LogP) is 4.55. The summed E-state index contributed by atoms with van der Waals surface area (Å²) in [7, 11) is 0. The zero-order chi connectivity index (χ0) is 19.1. The van der Waals surface area contributed by atoms with Crippen LogP contribution >= 0.6 is 27.5 Å². The van der Waals surface area contributed by atoms with Crippen molar-refractivity contribution >= 4 is 38.9 Å². The van der Waals surface area contributed by atoms with E-state index in [1.807, 2.05) is 0 Å². The Labute approximate surface area is 166 Å². The van der Waals surface area contributed by atoms with Crippen LogP contribution in [-0.2, 0) is 6.54 Å². The number of nitrogens with two attached hydrogens (primary N) is 1. The van der Waals surface area contributed by atoms with Gasteiger partial charge in [-0.1, -0.05) is 6.08 Å². The van der Waals surface area contributed by atoms with Crippen LogP contribution in [0.25, 0.3) is 5.52 Å². The summed E-state index contributed by atoms with van der Waals surface area (Å²) < 4.78 is 35.9. The topological polar surface area (TPSA) is 81.4 Å². The number of rotatable bonds is 4. The summed E-state index contributed by atoms with van der Waals surface area (Å²) >= 11 is 9.41. The number of nitrogens with zero attached hydrogens (tertiary/aromatic N) is 3. The molecule has 27 heavy (non-hydrogen) atoms. The van der Waals surface area contributed by atoms with E-state index in [2.05, 4.69) is 31.3 Å². The van der Waals surface area contributed by atoms with Crippen LogP contribution in [0.5, 0.6) is 0 Å². The summed E-state index contributed by atoms with van der Waals surface area (Å²) in [6, 6.07) is 3.00. The Bertz CT molecular complexity index is 1020. The van der Waals surface area contributed by atoms with Gasteiger partial charge in [0.25, 0.3) is 0 Å². The molecule has 10 heteroatoms. The van der Waals surface area contributed by atoms with Crippen molar-refractivity contribution in [3.8, 4) is 0 Å². The van der Waals surface area contributed by atoms with Crippen LogP contribution in [-0.4, -0.2) is 20.6 Å². The van der Waals surface area contributed by atoms with Gasteiger partial charge < -0.3 is 15.5 Å². The molecule has 3 aromatic rings. The van der Waals surface area contributed by atoms with Crippen molar-refractivity contribution < 1.29 is 13.2 Å². The fraction of sp³-hybridized carbons (Fsp3) is 0.294. The molecular formula is C17H15BrClF2N5O. The number of furan rings is 1. The normalized spacial score (nSPS) is 20.1. The number of fused-ring (bicyclic) bond motifs is 1. The minimum absolute atomic E-state index is 0.0504. The number of allylic oxidation sites excluding steroid dienone is 1. The SMILES string of the molecule is N[C@H]1CC(F)=CC[C@@H]1c1c(F)c2c(NCc3ccco3)nc(Cl)nn2c1Br. The first-order valence-electron chi connectivity index (χ1n) is 8.25. The molecule has 3 aromatic heterocycles. The number of hydrogen-bond acceptors (Lipinski definition) is 5. The van der Waals surface area contributed by atoms with Crippen molar-refractivity contribution in [2.75, 3.05) is 5.32 Å². The summed E-state index contributed by atoms with van der Waals surface area (Å²) in [5, 5.41) is 7.06. The standard InChI is InChI=1S/C17H15BrClF2N5O/c18-15-12(10-4-3-8(20)6-11(10)22)13(21)14-16(24-17(19)25-26(14)15)23-7-9-2-1-5-27-9/h1-3,5,10-11H,4,6-7,22H2,(H,23,24,25)/t10-,11-/m0/s1. The lowest BCUT2D eigenvalue weighted by Gasteiger charge is -2.25. The summed E-state index contributed by atoms with van der Waals surface area (Å²) in [4.78, 5) is 4.11. The van der Waals surface area contributed by atoms with E-state index in [1.54, 1.807) is 18.4 Å². The Kier molecular flexibility index (Phi) is 4.92. The second-order valence-electron chi connectivity index (χ2n) is 6.30. The summed E-state index contributed by atoms with van der Waals surface area (Å²) in [6.07, 6.45) is 3.36. The van der Waals surface area contributed by atoms with Crippen LogP contribution in [0, 0.1) is 5.82 Å². The Morgan fingerprint density at radius 2 is 2.26 bits per heavy atom. The molecule has 2 atom stereocenters. The van der Waals surface area contributed by atoms with E-state index in [0.29, 0.717) is 28.9 Å². The Morgan fingerprint density at radius 1 is 1.44 bits per heavy atom. The van der Waals surface area contributed by atoms with Gasteiger partial charge in [-0.2, -0.15) is 4.98 Å². The highest BCUT2D eigenvalue weighted by molar-refractivity contribution is 9.10. The molecule has 0 spiro atoms. The maximum atomic E-state index is 15.4. The van der Waals surface area contributed by atoms with Gasteiger partial charge in [0.05, 0.1) is 18.6 Å². The molecule has 0 saturated carbocycles. The lowest BCUT2D eigenvalue weighted by atomic mass is 9.84. The quantitative estimate of drug-likeness (QED) is 0.599. The van der Waals surface area contributed by atoms with Crippen LogP contribution in [0.4, 0.5) is 14.6 Å². The molecule has 0 fully saturated rings. The molecule has 142 valence electrons. The number of anilines is 1. The molecule has 3 heterocycles. The Balaban J connectivity index is 1.79. The van der Waals surface area contributed by atoms with Crippen molar-refractivity contribution in [2.24, 2.45) is 5.73 Å². The average molecular weight is 459 g/mol. The van der Waals surface area contributed by atoms with Crippen molar-refractivity contribution in [2.45, 2.75) is 31.3 Å². The van der Waals surface area contributed by atoms with Crippen LogP contribution in [0.1, 0.15) is 30.1 Å². The highest BCUT2D eigenvalue weighted by Crippen LogP contribution is 2.40. The zero-order valence-electron chi connectivity index (χ0n) is 13.9. The molecule has 0 radical (unpaired) electrons. The van der Waals surface area contributed by atoms with E-state index in [4.69, 9.17) is 21.8 Å². The fourth-order valence-corrected chi connectivity index (χ4v) is 4.19. The van der Waals surface area contributed by atoms with Crippen molar-refractivity contribution in [1.82, 2.24) is 14.6 Å². The predicted molar refractivity (Wildman–Crippen MR) is 101 cm³/mol. The van der Waals surface area contributed by atoms with Crippen molar-refractivity contribution in [1.29, 1.82) is 0 Å². The van der Waals surface area contributed by atoms with Crippen LogP contribution < -0.4 is 11.1 Å². The number of halogens is 4. The van der Waals surface area contributed by atoms with Crippen LogP contribution in [0.2, 0.25) is 5.28 Å². The maximum absolute atomic E-state index is 15.4. The zero-order valence-corrected chi connectivity index (χ0v) is 16.3. The lowest BCUT2D eigenvalue weighted by molar-refractivity contribution is 0.431. The molecule has 0 unspecified atom stereocenters. The molecule has 4 rings (SSSR count). The van der Waals surface area contributed by atoms with E-state index in [1.165, 1.54) is 10.6 Å². The number of nitrogens with one attached hydrogen (secondary N) is 1. The highest BCUT2D eigenvalue weighted by atomic mass is 79.9. The molecule has 0 aromatic carbocycles. The van der Waals surface area contributed by atoms with E-state index in [0.717, 1.165) is 0 Å². The third kappa shape index (κ3) is 3.35. The fourth-order valence-electron chi connectivity index (χ4n) is 3.31. The smallest absolute Gasteiger partial charge is 0.243 e. The van der Waals surface area contributed by atoms with Gasteiger partial charge in [-0.25, -0.2) is 13.3 Å². The second kappa shape index (κ2) is 7.21. The first-order valence-corrected chi connectivity index (χ1v) is 9.42.